The van der Waals surface area contributed by atoms with Gasteiger partial charge in [-0.05, 0) is 14.1 Å². The molecule has 8 heteroatoms. The molecule has 18 heavy (non-hydrogen) atoms. The Hall–Kier alpha value is -0.770. The van der Waals surface area contributed by atoms with E-state index in [1.165, 1.54) is 0 Å². The lowest BCUT2D eigenvalue weighted by Crippen LogP contribution is -2.52. The third kappa shape index (κ3) is 5.71. The van der Waals surface area contributed by atoms with E-state index < -0.39 is 36.9 Å². The van der Waals surface area contributed by atoms with Crippen LogP contribution in [0.25, 0.3) is 0 Å². The maximum absolute atomic E-state index is 11.4. The SMILES string of the molecule is CN(C)CCNC(=O)[C@H](O)[C@@H](O)[C@H](O)[C@H](O)CO. The Labute approximate surface area is 105 Å². The molecule has 0 aromatic carbocycles. The number of likely N-dealkylation sites (N-methyl/N-ethyl adjacent to an activating group) is 1. The lowest BCUT2D eigenvalue weighted by Gasteiger charge is -2.25. The van der Waals surface area contributed by atoms with Gasteiger partial charge in [0.25, 0.3) is 5.91 Å². The van der Waals surface area contributed by atoms with Crippen molar-refractivity contribution in [1.82, 2.24) is 10.2 Å². The Morgan fingerprint density at radius 1 is 1.17 bits per heavy atom. The summed E-state index contributed by atoms with van der Waals surface area (Å²) in [5.74, 6) is -0.853. The summed E-state index contributed by atoms with van der Waals surface area (Å²) >= 11 is 0. The standard InChI is InChI=1S/C10H22N2O6/c1-12(2)4-3-11-10(18)9(17)8(16)7(15)6(14)5-13/h6-9,13-17H,3-5H2,1-2H3,(H,11,18)/t6-,7-,8+,9-/m1/s1. The van der Waals surface area contributed by atoms with E-state index in [9.17, 15) is 20.1 Å². The Bertz CT molecular complexity index is 251. The van der Waals surface area contributed by atoms with Crippen molar-refractivity contribution in [2.75, 3.05) is 33.8 Å². The van der Waals surface area contributed by atoms with Crippen LogP contribution in [0.1, 0.15) is 0 Å². The minimum absolute atomic E-state index is 0.272. The zero-order valence-electron chi connectivity index (χ0n) is 10.5. The molecular weight excluding hydrogens is 244 g/mol. The molecule has 6 N–H and O–H groups in total. The highest BCUT2D eigenvalue weighted by molar-refractivity contribution is 5.81. The van der Waals surface area contributed by atoms with Gasteiger partial charge in [0.05, 0.1) is 6.61 Å². The van der Waals surface area contributed by atoms with Gasteiger partial charge in [-0.1, -0.05) is 0 Å². The first-order chi connectivity index (χ1) is 8.31. The van der Waals surface area contributed by atoms with Gasteiger partial charge in [0.1, 0.15) is 18.3 Å². The number of rotatable bonds is 8. The van der Waals surface area contributed by atoms with Crippen molar-refractivity contribution < 1.29 is 30.3 Å². The highest BCUT2D eigenvalue weighted by Gasteiger charge is 2.33. The summed E-state index contributed by atoms with van der Waals surface area (Å²) in [6.07, 6.45) is -7.16. The smallest absolute Gasteiger partial charge is 0.251 e. The molecule has 0 saturated carbocycles. The van der Waals surface area contributed by atoms with Gasteiger partial charge in [-0.25, -0.2) is 0 Å². The monoisotopic (exact) mass is 266 g/mol. The van der Waals surface area contributed by atoms with E-state index in [4.69, 9.17) is 10.2 Å². The van der Waals surface area contributed by atoms with E-state index in [1.807, 2.05) is 4.90 Å². The fourth-order valence-electron chi connectivity index (χ4n) is 1.18. The molecule has 0 fully saturated rings. The quantitative estimate of drug-likeness (QED) is 0.264. The number of aliphatic hydroxyl groups excluding tert-OH is 5. The van der Waals surface area contributed by atoms with Gasteiger partial charge >= 0.3 is 0 Å². The second-order valence-corrected chi connectivity index (χ2v) is 4.27. The number of hydrogen-bond donors (Lipinski definition) is 6. The summed E-state index contributed by atoms with van der Waals surface area (Å²) in [5.41, 5.74) is 0. The fraction of sp³-hybridized carbons (Fsp3) is 0.900. The van der Waals surface area contributed by atoms with Crippen LogP contribution in [0.2, 0.25) is 0 Å². The van der Waals surface area contributed by atoms with E-state index in [2.05, 4.69) is 5.32 Å². The van der Waals surface area contributed by atoms with Gasteiger partial charge in [0, 0.05) is 13.1 Å². The van der Waals surface area contributed by atoms with Crippen LogP contribution in [0.15, 0.2) is 0 Å². The molecule has 0 aliphatic rings. The Morgan fingerprint density at radius 2 is 1.72 bits per heavy atom. The second-order valence-electron chi connectivity index (χ2n) is 4.27. The third-order valence-corrected chi connectivity index (χ3v) is 2.38. The van der Waals surface area contributed by atoms with Crippen molar-refractivity contribution in [3.05, 3.63) is 0 Å². The highest BCUT2D eigenvalue weighted by Crippen LogP contribution is 2.05. The van der Waals surface area contributed by atoms with E-state index in [0.29, 0.717) is 6.54 Å². The van der Waals surface area contributed by atoms with Crippen LogP contribution in [-0.2, 0) is 4.79 Å². The minimum Gasteiger partial charge on any atom is -0.394 e. The summed E-state index contributed by atoms with van der Waals surface area (Å²) in [6, 6.07) is 0. The van der Waals surface area contributed by atoms with Gasteiger partial charge in [0.15, 0.2) is 6.10 Å². The molecule has 0 bridgehead atoms. The molecule has 0 aromatic heterocycles. The summed E-state index contributed by atoms with van der Waals surface area (Å²) in [5, 5.41) is 48.2. The number of aliphatic hydroxyl groups is 5. The maximum Gasteiger partial charge on any atom is 0.251 e. The van der Waals surface area contributed by atoms with E-state index in [-0.39, 0.29) is 6.54 Å². The molecule has 1 amide bonds. The summed E-state index contributed by atoms with van der Waals surface area (Å²) in [4.78, 5) is 13.2. The number of nitrogens with one attached hydrogen (secondary N) is 1. The molecule has 0 radical (unpaired) electrons. The number of nitrogens with zero attached hydrogens (tertiary/aromatic N) is 1. The molecule has 0 aliphatic heterocycles. The van der Waals surface area contributed by atoms with E-state index in [0.717, 1.165) is 0 Å². The first-order valence-electron chi connectivity index (χ1n) is 5.56. The molecule has 0 unspecified atom stereocenters. The molecule has 108 valence electrons. The van der Waals surface area contributed by atoms with Crippen LogP contribution in [0.5, 0.6) is 0 Å². The van der Waals surface area contributed by atoms with Gasteiger partial charge < -0.3 is 35.7 Å². The Balaban J connectivity index is 4.19. The zero-order chi connectivity index (χ0) is 14.3. The predicted octanol–water partition coefficient (Wildman–Crippen LogP) is -3.90. The topological polar surface area (TPSA) is 133 Å². The van der Waals surface area contributed by atoms with Gasteiger partial charge in [-0.15, -0.1) is 0 Å². The summed E-state index contributed by atoms with van der Waals surface area (Å²) in [6.45, 7) is 0.0395. The lowest BCUT2D eigenvalue weighted by molar-refractivity contribution is -0.148. The second kappa shape index (κ2) is 8.35. The van der Waals surface area contributed by atoms with Crippen LogP contribution in [-0.4, -0.2) is 94.5 Å². The molecule has 0 saturated heterocycles. The Kier molecular flexibility index (Phi) is 8.00. The van der Waals surface area contributed by atoms with Crippen LogP contribution in [0.4, 0.5) is 0 Å². The van der Waals surface area contributed by atoms with Crippen molar-refractivity contribution in [1.29, 1.82) is 0 Å². The van der Waals surface area contributed by atoms with Crippen LogP contribution in [0.3, 0.4) is 0 Å². The lowest BCUT2D eigenvalue weighted by atomic mass is 10.0. The zero-order valence-corrected chi connectivity index (χ0v) is 10.5. The van der Waals surface area contributed by atoms with Crippen LogP contribution < -0.4 is 5.32 Å². The first kappa shape index (κ1) is 17.2. The predicted molar refractivity (Wildman–Crippen MR) is 62.7 cm³/mol. The summed E-state index contributed by atoms with van der Waals surface area (Å²) in [7, 11) is 3.61. The van der Waals surface area contributed by atoms with Gasteiger partial charge in [-0.2, -0.15) is 0 Å². The molecule has 0 aliphatic carbocycles. The minimum atomic E-state index is -1.87. The highest BCUT2D eigenvalue weighted by atomic mass is 16.4. The largest absolute Gasteiger partial charge is 0.394 e. The van der Waals surface area contributed by atoms with Crippen molar-refractivity contribution >= 4 is 5.91 Å². The molecule has 0 aromatic rings. The van der Waals surface area contributed by atoms with E-state index in [1.54, 1.807) is 14.1 Å². The first-order valence-corrected chi connectivity index (χ1v) is 5.56. The van der Waals surface area contributed by atoms with Gasteiger partial charge in [-0.3, -0.25) is 4.79 Å². The molecular formula is C10H22N2O6. The maximum atomic E-state index is 11.4. The van der Waals surface area contributed by atoms with Crippen LogP contribution in [0, 0.1) is 0 Å². The van der Waals surface area contributed by atoms with Crippen molar-refractivity contribution in [2.45, 2.75) is 24.4 Å². The number of hydrogen-bond acceptors (Lipinski definition) is 7. The molecule has 4 atom stereocenters. The Morgan fingerprint density at radius 3 is 2.17 bits per heavy atom. The normalized spacial score (nSPS) is 18.2. The van der Waals surface area contributed by atoms with Crippen LogP contribution >= 0.6 is 0 Å². The molecule has 0 spiro atoms. The fourth-order valence-corrected chi connectivity index (χ4v) is 1.18. The number of carbonyl (C=O) groups excluding carboxylic acids is 1. The summed E-state index contributed by atoms with van der Waals surface area (Å²) < 4.78 is 0. The molecule has 0 rings (SSSR count). The number of carbonyl (C=O) groups is 1. The average molecular weight is 266 g/mol. The average Bonchev–Trinajstić information content (AvgIpc) is 2.34. The van der Waals surface area contributed by atoms with Gasteiger partial charge in [0.2, 0.25) is 0 Å². The molecule has 8 nitrogen and oxygen atoms in total. The van der Waals surface area contributed by atoms with Crippen molar-refractivity contribution in [2.24, 2.45) is 0 Å². The van der Waals surface area contributed by atoms with E-state index >= 15 is 0 Å². The number of amides is 1. The van der Waals surface area contributed by atoms with Crippen molar-refractivity contribution in [3.63, 3.8) is 0 Å². The van der Waals surface area contributed by atoms with Crippen molar-refractivity contribution in [3.8, 4) is 0 Å². The third-order valence-electron chi connectivity index (χ3n) is 2.38. The molecule has 0 heterocycles.